The third kappa shape index (κ3) is 1.48. The molecule has 0 aliphatic heterocycles. The molecule has 1 unspecified atom stereocenters. The maximum absolute atomic E-state index is 11.0. The van der Waals surface area contributed by atoms with Crippen LogP contribution < -0.4 is 0 Å². The first-order valence-electron chi connectivity index (χ1n) is 3.48. The number of rotatable bonds is 1. The van der Waals surface area contributed by atoms with Crippen LogP contribution in [0.3, 0.4) is 0 Å². The van der Waals surface area contributed by atoms with Gasteiger partial charge in [0.05, 0.1) is 0 Å². The summed E-state index contributed by atoms with van der Waals surface area (Å²) < 4.78 is 0. The van der Waals surface area contributed by atoms with E-state index < -0.39 is 0 Å². The van der Waals surface area contributed by atoms with Gasteiger partial charge in [0, 0.05) is 12.3 Å². The first kappa shape index (κ1) is 7.08. The van der Waals surface area contributed by atoms with Crippen molar-refractivity contribution in [1.29, 1.82) is 0 Å². The highest BCUT2D eigenvalue weighted by Crippen LogP contribution is 2.17. The summed E-state index contributed by atoms with van der Waals surface area (Å²) in [7, 11) is 0. The molecule has 1 atom stereocenters. The topological polar surface area (TPSA) is 17.1 Å². The van der Waals surface area contributed by atoms with Crippen LogP contribution in [0.5, 0.6) is 0 Å². The summed E-state index contributed by atoms with van der Waals surface area (Å²) >= 11 is 0. The van der Waals surface area contributed by atoms with Crippen molar-refractivity contribution in [2.24, 2.45) is 5.92 Å². The number of carbonyl (C=O) groups excluding carboxylic acids is 1. The summed E-state index contributed by atoms with van der Waals surface area (Å²) in [4.78, 5) is 11.0. The van der Waals surface area contributed by atoms with E-state index in [-0.39, 0.29) is 11.7 Å². The fraction of sp³-hybridized carbons (Fsp3) is 0.444. The van der Waals surface area contributed by atoms with Gasteiger partial charge in [0.2, 0.25) is 0 Å². The first-order chi connectivity index (χ1) is 4.84. The molecule has 10 heavy (non-hydrogen) atoms. The minimum absolute atomic E-state index is 0.106. The van der Waals surface area contributed by atoms with Gasteiger partial charge in [-0.3, -0.25) is 4.79 Å². The molecule has 0 aromatic rings. The van der Waals surface area contributed by atoms with Gasteiger partial charge in [0.15, 0.2) is 5.78 Å². The van der Waals surface area contributed by atoms with Crippen molar-refractivity contribution in [2.45, 2.75) is 19.3 Å². The molecule has 0 bridgehead atoms. The van der Waals surface area contributed by atoms with Crippen LogP contribution in [-0.2, 0) is 4.79 Å². The molecule has 1 heteroatoms. The van der Waals surface area contributed by atoms with Crippen LogP contribution in [-0.4, -0.2) is 5.78 Å². The number of hydrogen-bond donors (Lipinski definition) is 0. The van der Waals surface area contributed by atoms with Gasteiger partial charge >= 0.3 is 0 Å². The molecule has 1 aliphatic carbocycles. The van der Waals surface area contributed by atoms with E-state index >= 15 is 0 Å². The zero-order chi connectivity index (χ0) is 7.40. The normalized spacial score (nSPS) is 24.3. The standard InChI is InChI=1S/C9H10O/c1-2-5-8-6-3-4-7-9(8)10/h1,4,7-8H,3,5-6H2. The number of hydrogen-bond acceptors (Lipinski definition) is 1. The molecule has 0 fully saturated rings. The zero-order valence-corrected chi connectivity index (χ0v) is 5.84. The summed E-state index contributed by atoms with van der Waals surface area (Å²) in [6.45, 7) is 0. The fourth-order valence-corrected chi connectivity index (χ4v) is 1.12. The van der Waals surface area contributed by atoms with E-state index in [1.54, 1.807) is 6.08 Å². The van der Waals surface area contributed by atoms with E-state index in [0.717, 1.165) is 12.8 Å². The molecule has 1 aliphatic rings. The van der Waals surface area contributed by atoms with Crippen LogP contribution in [0.2, 0.25) is 0 Å². The Hall–Kier alpha value is -1.03. The van der Waals surface area contributed by atoms with Gasteiger partial charge in [-0.05, 0) is 18.9 Å². The van der Waals surface area contributed by atoms with Gasteiger partial charge in [-0.1, -0.05) is 6.08 Å². The van der Waals surface area contributed by atoms with Crippen molar-refractivity contribution in [3.05, 3.63) is 12.2 Å². The molecular formula is C9H10O. The monoisotopic (exact) mass is 134 g/mol. The van der Waals surface area contributed by atoms with E-state index in [1.165, 1.54) is 0 Å². The van der Waals surface area contributed by atoms with Crippen LogP contribution in [0.4, 0.5) is 0 Å². The highest BCUT2D eigenvalue weighted by atomic mass is 16.1. The van der Waals surface area contributed by atoms with Gasteiger partial charge in [0.1, 0.15) is 0 Å². The molecule has 1 rings (SSSR count). The second-order valence-corrected chi connectivity index (χ2v) is 2.49. The smallest absolute Gasteiger partial charge is 0.159 e. The number of ketones is 1. The third-order valence-electron chi connectivity index (χ3n) is 1.73. The van der Waals surface area contributed by atoms with Crippen LogP contribution in [0, 0.1) is 18.3 Å². The maximum atomic E-state index is 11.0. The van der Waals surface area contributed by atoms with E-state index in [2.05, 4.69) is 5.92 Å². The fourth-order valence-electron chi connectivity index (χ4n) is 1.12. The summed E-state index contributed by atoms with van der Waals surface area (Å²) in [5.41, 5.74) is 0. The summed E-state index contributed by atoms with van der Waals surface area (Å²) in [5.74, 6) is 2.82. The van der Waals surface area contributed by atoms with E-state index in [1.807, 2.05) is 6.08 Å². The van der Waals surface area contributed by atoms with E-state index in [0.29, 0.717) is 6.42 Å². The van der Waals surface area contributed by atoms with Crippen molar-refractivity contribution >= 4 is 5.78 Å². The first-order valence-corrected chi connectivity index (χ1v) is 3.48. The van der Waals surface area contributed by atoms with Gasteiger partial charge < -0.3 is 0 Å². The molecular weight excluding hydrogens is 124 g/mol. The second kappa shape index (κ2) is 3.22. The van der Waals surface area contributed by atoms with Crippen LogP contribution in [0.1, 0.15) is 19.3 Å². The number of carbonyl (C=O) groups is 1. The minimum atomic E-state index is 0.106. The molecule has 0 spiro atoms. The van der Waals surface area contributed by atoms with Gasteiger partial charge in [-0.2, -0.15) is 0 Å². The highest BCUT2D eigenvalue weighted by Gasteiger charge is 2.16. The third-order valence-corrected chi connectivity index (χ3v) is 1.73. The van der Waals surface area contributed by atoms with Gasteiger partial charge in [-0.25, -0.2) is 0 Å². The van der Waals surface area contributed by atoms with Crippen molar-refractivity contribution in [3.8, 4) is 12.3 Å². The summed E-state index contributed by atoms with van der Waals surface area (Å²) in [6.07, 6.45) is 11.2. The Bertz CT molecular complexity index is 195. The van der Waals surface area contributed by atoms with Gasteiger partial charge in [-0.15, -0.1) is 12.3 Å². The average Bonchev–Trinajstić information content (AvgIpc) is 1.94. The van der Waals surface area contributed by atoms with Crippen molar-refractivity contribution < 1.29 is 4.79 Å². The predicted octanol–water partition coefficient (Wildman–Crippen LogP) is 1.54. The van der Waals surface area contributed by atoms with Crippen LogP contribution in [0.15, 0.2) is 12.2 Å². The quantitative estimate of drug-likeness (QED) is 0.497. The summed E-state index contributed by atoms with van der Waals surface area (Å²) in [6, 6.07) is 0. The molecule has 0 heterocycles. The Kier molecular flexibility index (Phi) is 2.28. The molecule has 1 nitrogen and oxygen atoms in total. The lowest BCUT2D eigenvalue weighted by Gasteiger charge is -2.12. The Morgan fingerprint density at radius 3 is 3.20 bits per heavy atom. The van der Waals surface area contributed by atoms with Crippen LogP contribution in [0.25, 0.3) is 0 Å². The largest absolute Gasteiger partial charge is 0.295 e. The Labute approximate surface area is 61.1 Å². The molecule has 0 saturated carbocycles. The highest BCUT2D eigenvalue weighted by molar-refractivity contribution is 5.92. The number of terminal acetylenes is 1. The van der Waals surface area contributed by atoms with E-state index in [9.17, 15) is 4.79 Å². The molecule has 0 N–H and O–H groups in total. The van der Waals surface area contributed by atoms with E-state index in [4.69, 9.17) is 6.42 Å². The Balaban J connectivity index is 2.54. The summed E-state index contributed by atoms with van der Waals surface area (Å²) in [5, 5.41) is 0. The SMILES string of the molecule is C#CCC1CCC=CC1=O. The number of allylic oxidation sites excluding steroid dienone is 2. The molecule has 0 radical (unpaired) electrons. The Morgan fingerprint density at radius 1 is 1.80 bits per heavy atom. The van der Waals surface area contributed by atoms with Crippen LogP contribution >= 0.6 is 0 Å². The van der Waals surface area contributed by atoms with Crippen molar-refractivity contribution in [2.75, 3.05) is 0 Å². The predicted molar refractivity (Wildman–Crippen MR) is 40.3 cm³/mol. The molecule has 0 amide bonds. The molecule has 0 aromatic heterocycles. The van der Waals surface area contributed by atoms with Crippen molar-refractivity contribution in [1.82, 2.24) is 0 Å². The zero-order valence-electron chi connectivity index (χ0n) is 5.84. The molecule has 0 aromatic carbocycles. The minimum Gasteiger partial charge on any atom is -0.295 e. The maximum Gasteiger partial charge on any atom is 0.159 e. The molecule has 0 saturated heterocycles. The lowest BCUT2D eigenvalue weighted by Crippen LogP contribution is -2.13. The molecule has 52 valence electrons. The Morgan fingerprint density at radius 2 is 2.60 bits per heavy atom. The average molecular weight is 134 g/mol. The lowest BCUT2D eigenvalue weighted by atomic mass is 9.91. The van der Waals surface area contributed by atoms with Gasteiger partial charge in [0.25, 0.3) is 0 Å². The lowest BCUT2D eigenvalue weighted by molar-refractivity contribution is -0.118. The van der Waals surface area contributed by atoms with Crippen molar-refractivity contribution in [3.63, 3.8) is 0 Å². The second-order valence-electron chi connectivity index (χ2n) is 2.49.